The van der Waals surface area contributed by atoms with Crippen molar-refractivity contribution in [2.24, 2.45) is 0 Å². The molecule has 0 aromatic heterocycles. The fourth-order valence-corrected chi connectivity index (χ4v) is 2.47. The highest BCUT2D eigenvalue weighted by molar-refractivity contribution is 4.70. The van der Waals surface area contributed by atoms with Gasteiger partial charge in [-0.05, 0) is 6.92 Å². The summed E-state index contributed by atoms with van der Waals surface area (Å²) in [5.74, 6) is 0. The summed E-state index contributed by atoms with van der Waals surface area (Å²) in [7, 11) is 0. The summed E-state index contributed by atoms with van der Waals surface area (Å²) in [5, 5.41) is 0. The molecule has 3 heterocycles. The molecule has 13 heavy (non-hydrogen) atoms. The standard InChI is InChI=1S/C10H21N2O/c1-2-13-10-9-12-6-3-11(4-7-12)5-8-12/h2-10H2,1H3/q+1. The Morgan fingerprint density at radius 1 is 1.15 bits per heavy atom. The van der Waals surface area contributed by atoms with E-state index in [0.29, 0.717) is 0 Å². The summed E-state index contributed by atoms with van der Waals surface area (Å²) < 4.78 is 6.78. The summed E-state index contributed by atoms with van der Waals surface area (Å²) in [6, 6.07) is 0. The van der Waals surface area contributed by atoms with Gasteiger partial charge in [0.1, 0.15) is 6.54 Å². The molecule has 0 spiro atoms. The van der Waals surface area contributed by atoms with Gasteiger partial charge < -0.3 is 9.22 Å². The number of fused-ring (bicyclic) bond motifs is 3. The number of hydrogen-bond donors (Lipinski definition) is 0. The maximum atomic E-state index is 5.45. The second-order valence-electron chi connectivity index (χ2n) is 4.27. The van der Waals surface area contributed by atoms with Crippen molar-refractivity contribution < 1.29 is 9.22 Å². The Morgan fingerprint density at radius 2 is 1.77 bits per heavy atom. The Labute approximate surface area is 80.9 Å². The van der Waals surface area contributed by atoms with Gasteiger partial charge in [0, 0.05) is 26.2 Å². The van der Waals surface area contributed by atoms with Crippen LogP contribution in [0.4, 0.5) is 0 Å². The van der Waals surface area contributed by atoms with E-state index in [9.17, 15) is 0 Å². The lowest BCUT2D eigenvalue weighted by Crippen LogP contribution is -2.67. The van der Waals surface area contributed by atoms with E-state index in [-0.39, 0.29) is 0 Å². The minimum Gasteiger partial charge on any atom is -0.376 e. The summed E-state index contributed by atoms with van der Waals surface area (Å²) in [5.41, 5.74) is 0. The highest BCUT2D eigenvalue weighted by Gasteiger charge is 2.37. The van der Waals surface area contributed by atoms with Crippen LogP contribution in [0.5, 0.6) is 0 Å². The van der Waals surface area contributed by atoms with E-state index >= 15 is 0 Å². The Morgan fingerprint density at radius 3 is 2.31 bits per heavy atom. The number of hydrogen-bond acceptors (Lipinski definition) is 2. The van der Waals surface area contributed by atoms with Crippen molar-refractivity contribution >= 4 is 0 Å². The van der Waals surface area contributed by atoms with Crippen molar-refractivity contribution in [1.82, 2.24) is 4.90 Å². The van der Waals surface area contributed by atoms with Crippen LogP contribution < -0.4 is 0 Å². The van der Waals surface area contributed by atoms with Crippen LogP contribution in [0.15, 0.2) is 0 Å². The fraction of sp³-hybridized carbons (Fsp3) is 1.00. The van der Waals surface area contributed by atoms with E-state index in [1.807, 2.05) is 0 Å². The van der Waals surface area contributed by atoms with Crippen LogP contribution in [0.3, 0.4) is 0 Å². The zero-order valence-corrected chi connectivity index (χ0v) is 8.67. The van der Waals surface area contributed by atoms with Crippen molar-refractivity contribution in [2.75, 3.05) is 59.0 Å². The lowest BCUT2D eigenvalue weighted by Gasteiger charge is -2.50. The van der Waals surface area contributed by atoms with Gasteiger partial charge in [-0.15, -0.1) is 0 Å². The van der Waals surface area contributed by atoms with E-state index in [1.165, 1.54) is 50.3 Å². The second kappa shape index (κ2) is 3.95. The topological polar surface area (TPSA) is 12.5 Å². The van der Waals surface area contributed by atoms with Gasteiger partial charge in [0.2, 0.25) is 0 Å². The Balaban J connectivity index is 1.81. The minimum absolute atomic E-state index is 0.867. The van der Waals surface area contributed by atoms with Crippen molar-refractivity contribution in [2.45, 2.75) is 6.92 Å². The zero-order chi connectivity index (χ0) is 9.15. The van der Waals surface area contributed by atoms with Crippen LogP contribution in [0.25, 0.3) is 0 Å². The molecule has 3 fully saturated rings. The predicted molar refractivity (Wildman–Crippen MR) is 52.7 cm³/mol. The molecule has 3 nitrogen and oxygen atoms in total. The van der Waals surface area contributed by atoms with Crippen LogP contribution in [-0.4, -0.2) is 68.4 Å². The zero-order valence-electron chi connectivity index (χ0n) is 8.67. The average Bonchev–Trinajstić information content (AvgIpc) is 2.21. The van der Waals surface area contributed by atoms with Gasteiger partial charge in [0.05, 0.1) is 26.2 Å². The molecular formula is C10H21N2O+. The molecule has 3 heteroatoms. The molecule has 0 N–H and O–H groups in total. The maximum Gasteiger partial charge on any atom is 0.103 e. The van der Waals surface area contributed by atoms with Crippen LogP contribution in [0, 0.1) is 0 Å². The molecule has 0 radical (unpaired) electrons. The molecule has 76 valence electrons. The third-order valence-electron chi connectivity index (χ3n) is 3.59. The van der Waals surface area contributed by atoms with E-state index in [2.05, 4.69) is 11.8 Å². The third-order valence-corrected chi connectivity index (χ3v) is 3.59. The molecule has 3 aliphatic rings. The van der Waals surface area contributed by atoms with Gasteiger partial charge in [-0.3, -0.25) is 4.90 Å². The quantitative estimate of drug-likeness (QED) is 0.457. The van der Waals surface area contributed by atoms with E-state index in [0.717, 1.165) is 13.2 Å². The van der Waals surface area contributed by atoms with Gasteiger partial charge in [0.25, 0.3) is 0 Å². The van der Waals surface area contributed by atoms with Crippen molar-refractivity contribution in [3.8, 4) is 0 Å². The van der Waals surface area contributed by atoms with Crippen LogP contribution in [-0.2, 0) is 4.74 Å². The summed E-state index contributed by atoms with van der Waals surface area (Å²) in [6.07, 6.45) is 0. The molecule has 0 amide bonds. The van der Waals surface area contributed by atoms with Crippen LogP contribution in [0.2, 0.25) is 0 Å². The first kappa shape index (κ1) is 9.44. The van der Waals surface area contributed by atoms with Gasteiger partial charge >= 0.3 is 0 Å². The summed E-state index contributed by atoms with van der Waals surface area (Å²) >= 11 is 0. The Bertz CT molecular complexity index is 151. The smallest absolute Gasteiger partial charge is 0.103 e. The second-order valence-corrected chi connectivity index (χ2v) is 4.27. The highest BCUT2D eigenvalue weighted by atomic mass is 16.5. The number of ether oxygens (including phenoxy) is 1. The maximum absolute atomic E-state index is 5.45. The number of quaternary nitrogens is 1. The first-order valence-electron chi connectivity index (χ1n) is 5.50. The van der Waals surface area contributed by atoms with Crippen LogP contribution in [0.1, 0.15) is 6.92 Å². The number of piperazine rings is 3. The molecule has 3 rings (SSSR count). The number of nitrogens with zero attached hydrogens (tertiary/aromatic N) is 2. The minimum atomic E-state index is 0.867. The lowest BCUT2D eigenvalue weighted by atomic mass is 10.1. The molecule has 0 aliphatic carbocycles. The molecular weight excluding hydrogens is 164 g/mol. The lowest BCUT2D eigenvalue weighted by molar-refractivity contribution is -0.941. The first-order chi connectivity index (χ1) is 6.35. The summed E-state index contributed by atoms with van der Waals surface area (Å²) in [4.78, 5) is 2.58. The highest BCUT2D eigenvalue weighted by Crippen LogP contribution is 2.18. The van der Waals surface area contributed by atoms with Gasteiger partial charge in [-0.25, -0.2) is 0 Å². The average molecular weight is 185 g/mol. The van der Waals surface area contributed by atoms with Gasteiger partial charge in [0.15, 0.2) is 0 Å². The Hall–Kier alpha value is -0.120. The Kier molecular flexibility index (Phi) is 2.86. The van der Waals surface area contributed by atoms with Gasteiger partial charge in [-0.1, -0.05) is 0 Å². The molecule has 0 aromatic carbocycles. The van der Waals surface area contributed by atoms with Crippen LogP contribution >= 0.6 is 0 Å². The SMILES string of the molecule is CCOCC[N+]12CCN(CC1)CC2. The monoisotopic (exact) mass is 185 g/mol. The fourth-order valence-electron chi connectivity index (χ4n) is 2.47. The molecule has 3 saturated heterocycles. The largest absolute Gasteiger partial charge is 0.376 e. The number of rotatable bonds is 4. The summed E-state index contributed by atoms with van der Waals surface area (Å²) in [6.45, 7) is 13.1. The molecule has 0 atom stereocenters. The van der Waals surface area contributed by atoms with Crippen molar-refractivity contribution in [3.63, 3.8) is 0 Å². The van der Waals surface area contributed by atoms with Crippen molar-refractivity contribution in [3.05, 3.63) is 0 Å². The first-order valence-corrected chi connectivity index (χ1v) is 5.50. The molecule has 0 aromatic rings. The predicted octanol–water partition coefficient (Wildman–Crippen LogP) is 0.169. The molecule has 0 saturated carbocycles. The normalized spacial score (nSPS) is 38.1. The molecule has 0 unspecified atom stereocenters. The van der Waals surface area contributed by atoms with E-state index in [4.69, 9.17) is 4.74 Å². The van der Waals surface area contributed by atoms with E-state index < -0.39 is 0 Å². The van der Waals surface area contributed by atoms with Gasteiger partial charge in [-0.2, -0.15) is 0 Å². The van der Waals surface area contributed by atoms with E-state index in [1.54, 1.807) is 0 Å². The third kappa shape index (κ3) is 2.03. The molecule has 3 aliphatic heterocycles. The van der Waals surface area contributed by atoms with Crippen molar-refractivity contribution in [1.29, 1.82) is 0 Å². The molecule has 2 bridgehead atoms.